The first kappa shape index (κ1) is 22.7. The first-order valence-electron chi connectivity index (χ1n) is 7.15. The number of benzene rings is 1. The van der Waals surface area contributed by atoms with Crippen LogP contribution in [0.3, 0.4) is 0 Å². The van der Waals surface area contributed by atoms with E-state index in [-0.39, 0.29) is 6.54 Å². The van der Waals surface area contributed by atoms with Crippen molar-refractivity contribution in [2.24, 2.45) is 0 Å². The minimum atomic E-state index is -1.55. The van der Waals surface area contributed by atoms with Gasteiger partial charge in [0.2, 0.25) is 0 Å². The minimum absolute atomic E-state index is 0.0936. The Morgan fingerprint density at radius 1 is 1.08 bits per heavy atom. The number of carboxylic acids is 1. The van der Waals surface area contributed by atoms with Crippen molar-refractivity contribution in [3.05, 3.63) is 35.9 Å². The number of likely N-dealkylation sites (N-methyl/N-ethyl adjacent to an activating group) is 1. The Kier molecular flexibility index (Phi) is 11.5. The lowest BCUT2D eigenvalue weighted by Crippen LogP contribution is -2.48. The molecular weight excluding hydrogens is 342 g/mol. The monoisotopic (exact) mass is 365 g/mol. The van der Waals surface area contributed by atoms with Gasteiger partial charge in [0, 0.05) is 6.54 Å². The van der Waals surface area contributed by atoms with E-state index in [1.165, 1.54) is 0 Å². The van der Waals surface area contributed by atoms with Gasteiger partial charge in [-0.2, -0.15) is 0 Å². The number of alkyl halides is 1. The third kappa shape index (κ3) is 8.02. The highest BCUT2D eigenvalue weighted by atomic mass is 35.5. The third-order valence-corrected chi connectivity index (χ3v) is 3.49. The molecule has 0 radical (unpaired) electrons. The summed E-state index contributed by atoms with van der Waals surface area (Å²) in [4.78, 5) is 10.4. The lowest BCUT2D eigenvalue weighted by molar-refractivity contribution is -0.136. The second-order valence-corrected chi connectivity index (χ2v) is 5.40. The zero-order valence-corrected chi connectivity index (χ0v) is 13.9. The summed E-state index contributed by atoms with van der Waals surface area (Å²) in [6, 6.07) is 8.70. The maximum Gasteiger partial charge on any atom is 0.326 e. The van der Waals surface area contributed by atoms with Crippen molar-refractivity contribution >= 4 is 17.6 Å². The molecule has 0 saturated heterocycles. The van der Waals surface area contributed by atoms with Crippen LogP contribution in [-0.2, 0) is 4.79 Å². The van der Waals surface area contributed by atoms with Gasteiger partial charge in [-0.25, -0.2) is 0 Å². The van der Waals surface area contributed by atoms with Crippen molar-refractivity contribution in [2.75, 3.05) is 20.2 Å². The van der Waals surface area contributed by atoms with Crippen LogP contribution >= 0.6 is 11.6 Å². The van der Waals surface area contributed by atoms with Gasteiger partial charge in [0.05, 0.1) is 12.7 Å². The van der Waals surface area contributed by atoms with Crippen LogP contribution in [-0.4, -0.2) is 81.2 Å². The molecule has 0 saturated carbocycles. The number of carboxylic acid groups (broad SMARTS) is 1. The van der Waals surface area contributed by atoms with E-state index in [1.807, 2.05) is 6.07 Å². The quantitative estimate of drug-likeness (QED) is 0.281. The molecule has 0 bridgehead atoms. The van der Waals surface area contributed by atoms with E-state index in [0.29, 0.717) is 5.56 Å². The average Bonchev–Trinajstić information content (AvgIpc) is 2.60. The lowest BCUT2D eigenvalue weighted by Gasteiger charge is -2.25. The highest BCUT2D eigenvalue weighted by Gasteiger charge is 2.29. The van der Waals surface area contributed by atoms with E-state index in [9.17, 15) is 9.90 Å². The predicted octanol–water partition coefficient (Wildman–Crippen LogP) is -1.31. The SMILES string of the molecule is CNC[C@H](O)[C@@H](O)[C@H](O)[C@H](O)CO.O=C(O)C(Cl)c1ccccc1. The number of aliphatic hydroxyl groups excluding tert-OH is 5. The zero-order chi connectivity index (χ0) is 18.7. The number of rotatable bonds is 8. The van der Waals surface area contributed by atoms with Crippen LogP contribution in [0.15, 0.2) is 30.3 Å². The molecule has 8 nitrogen and oxygen atoms in total. The van der Waals surface area contributed by atoms with E-state index in [2.05, 4.69) is 5.32 Å². The first-order valence-corrected chi connectivity index (χ1v) is 7.59. The summed E-state index contributed by atoms with van der Waals surface area (Å²) in [5.74, 6) is -1.02. The van der Waals surface area contributed by atoms with Gasteiger partial charge in [0.15, 0.2) is 5.38 Å². The second kappa shape index (κ2) is 12.2. The van der Waals surface area contributed by atoms with Gasteiger partial charge in [-0.1, -0.05) is 30.3 Å². The summed E-state index contributed by atoms with van der Waals surface area (Å²) in [6.45, 7) is -0.569. The number of aliphatic carboxylic acids is 1. The van der Waals surface area contributed by atoms with Crippen LogP contribution in [0.1, 0.15) is 10.9 Å². The van der Waals surface area contributed by atoms with E-state index >= 15 is 0 Å². The molecule has 24 heavy (non-hydrogen) atoms. The van der Waals surface area contributed by atoms with Crippen LogP contribution in [0.2, 0.25) is 0 Å². The van der Waals surface area contributed by atoms with E-state index < -0.39 is 42.4 Å². The minimum Gasteiger partial charge on any atom is -0.480 e. The number of hydrogen-bond acceptors (Lipinski definition) is 7. The average molecular weight is 366 g/mol. The molecule has 1 rings (SSSR count). The smallest absolute Gasteiger partial charge is 0.326 e. The van der Waals surface area contributed by atoms with Crippen molar-refractivity contribution < 1.29 is 35.4 Å². The molecule has 0 aliphatic carbocycles. The summed E-state index contributed by atoms with van der Waals surface area (Å²) >= 11 is 5.54. The van der Waals surface area contributed by atoms with E-state index in [1.54, 1.807) is 31.3 Å². The Bertz CT molecular complexity index is 462. The van der Waals surface area contributed by atoms with Crippen molar-refractivity contribution in [2.45, 2.75) is 29.8 Å². The molecule has 1 unspecified atom stereocenters. The highest BCUT2D eigenvalue weighted by Crippen LogP contribution is 2.19. The molecule has 5 atom stereocenters. The van der Waals surface area contributed by atoms with E-state index in [0.717, 1.165) is 0 Å². The molecule has 7 N–H and O–H groups in total. The fourth-order valence-corrected chi connectivity index (χ4v) is 1.80. The molecule has 0 aliphatic heterocycles. The van der Waals surface area contributed by atoms with Gasteiger partial charge in [0.25, 0.3) is 0 Å². The largest absolute Gasteiger partial charge is 0.480 e. The summed E-state index contributed by atoms with van der Waals surface area (Å²) in [6.07, 6.45) is -5.65. The van der Waals surface area contributed by atoms with Crippen LogP contribution < -0.4 is 5.32 Å². The van der Waals surface area contributed by atoms with Crippen LogP contribution in [0.5, 0.6) is 0 Å². The number of carbonyl (C=O) groups is 1. The van der Waals surface area contributed by atoms with Crippen LogP contribution in [0.25, 0.3) is 0 Å². The Morgan fingerprint density at radius 3 is 2.00 bits per heavy atom. The topological polar surface area (TPSA) is 150 Å². The van der Waals surface area contributed by atoms with Gasteiger partial charge in [0.1, 0.15) is 18.3 Å². The molecule has 1 aromatic carbocycles. The fraction of sp³-hybridized carbons (Fsp3) is 0.533. The van der Waals surface area contributed by atoms with E-state index in [4.69, 9.17) is 37.1 Å². The Hall–Kier alpha value is -1.26. The Balaban J connectivity index is 0.000000446. The third-order valence-electron chi connectivity index (χ3n) is 3.05. The summed E-state index contributed by atoms with van der Waals surface area (Å²) in [5.41, 5.74) is 0.613. The van der Waals surface area contributed by atoms with Crippen molar-refractivity contribution in [1.82, 2.24) is 5.32 Å². The standard InChI is InChI=1S/C8H7ClO2.C7H17NO5/c9-7(8(10)11)6-4-2-1-3-5-6;1-8-2-4(10)6(12)7(13)5(11)3-9/h1-5,7H,(H,10,11);4-13H,2-3H2,1H3/t;4-,5+,6+,7+/m.0/s1. The van der Waals surface area contributed by atoms with Gasteiger partial charge < -0.3 is 36.0 Å². The molecular formula is C15H24ClNO7. The number of hydrogen-bond donors (Lipinski definition) is 7. The number of halogens is 1. The van der Waals surface area contributed by atoms with Crippen molar-refractivity contribution in [3.8, 4) is 0 Å². The van der Waals surface area contributed by atoms with Gasteiger partial charge in [-0.05, 0) is 12.6 Å². The molecule has 9 heteroatoms. The van der Waals surface area contributed by atoms with Gasteiger partial charge >= 0.3 is 5.97 Å². The zero-order valence-electron chi connectivity index (χ0n) is 13.2. The summed E-state index contributed by atoms with van der Waals surface area (Å²) in [5, 5.41) is 55.0. The maximum atomic E-state index is 10.4. The molecule has 0 fully saturated rings. The molecule has 0 aromatic heterocycles. The van der Waals surface area contributed by atoms with Crippen molar-refractivity contribution in [1.29, 1.82) is 0 Å². The number of nitrogens with one attached hydrogen (secondary N) is 1. The normalized spacial score (nSPS) is 17.0. The Labute approximate surface area is 145 Å². The van der Waals surface area contributed by atoms with Crippen LogP contribution in [0, 0.1) is 0 Å². The summed E-state index contributed by atoms with van der Waals surface area (Å²) < 4.78 is 0. The van der Waals surface area contributed by atoms with Crippen molar-refractivity contribution in [3.63, 3.8) is 0 Å². The number of aliphatic hydroxyl groups is 5. The highest BCUT2D eigenvalue weighted by molar-refractivity contribution is 6.29. The fourth-order valence-electron chi connectivity index (χ4n) is 1.66. The summed E-state index contributed by atoms with van der Waals surface area (Å²) in [7, 11) is 1.57. The molecule has 0 aliphatic rings. The molecule has 0 heterocycles. The van der Waals surface area contributed by atoms with Gasteiger partial charge in [-0.15, -0.1) is 11.6 Å². The molecule has 1 aromatic rings. The Morgan fingerprint density at radius 2 is 1.58 bits per heavy atom. The maximum absolute atomic E-state index is 10.4. The molecule has 138 valence electrons. The lowest BCUT2D eigenvalue weighted by atomic mass is 10.0. The predicted molar refractivity (Wildman–Crippen MR) is 87.7 cm³/mol. The van der Waals surface area contributed by atoms with Gasteiger partial charge in [-0.3, -0.25) is 4.79 Å². The molecule has 0 spiro atoms. The first-order chi connectivity index (χ1) is 11.3. The molecule has 0 amide bonds. The second-order valence-electron chi connectivity index (χ2n) is 4.97. The van der Waals surface area contributed by atoms with Crippen LogP contribution in [0.4, 0.5) is 0 Å².